The highest BCUT2D eigenvalue weighted by Gasteiger charge is 2.34. The Balaban J connectivity index is 1.63. The van der Waals surface area contributed by atoms with Crippen molar-refractivity contribution in [3.8, 4) is 0 Å². The highest BCUT2D eigenvalue weighted by atomic mass is 16.4. The molecule has 0 aliphatic heterocycles. The van der Waals surface area contributed by atoms with Gasteiger partial charge in [-0.2, -0.15) is 5.10 Å². The van der Waals surface area contributed by atoms with E-state index in [9.17, 15) is 4.79 Å². The van der Waals surface area contributed by atoms with Crippen molar-refractivity contribution in [2.45, 2.75) is 65.5 Å². The summed E-state index contributed by atoms with van der Waals surface area (Å²) in [7, 11) is 0. The number of carbonyl (C=O) groups is 1. The first kappa shape index (κ1) is 20.4. The largest absolute Gasteiger partial charge is 0.406 e. The number of nitrogens with two attached hydrogens (primary N) is 1. The maximum absolute atomic E-state index is 13.3. The summed E-state index contributed by atoms with van der Waals surface area (Å²) in [5, 5.41) is 16.4. The van der Waals surface area contributed by atoms with E-state index in [1.54, 1.807) is 0 Å². The van der Waals surface area contributed by atoms with Crippen molar-refractivity contribution in [3.63, 3.8) is 0 Å². The minimum atomic E-state index is -0.489. The lowest BCUT2D eigenvalue weighted by molar-refractivity contribution is 0.0881. The molecule has 1 aliphatic carbocycles. The maximum Gasteiger partial charge on any atom is 0.312 e. The number of fused-ring (bicyclic) bond motifs is 1. The molecule has 4 rings (SSSR count). The van der Waals surface area contributed by atoms with E-state index in [4.69, 9.17) is 15.2 Å². The molecule has 1 unspecified atom stereocenters. The zero-order chi connectivity index (χ0) is 21.3. The maximum atomic E-state index is 13.3. The molecule has 160 valence electrons. The Bertz CT molecular complexity index is 1030. The third kappa shape index (κ3) is 4.17. The van der Waals surface area contributed by atoms with Gasteiger partial charge in [-0.1, -0.05) is 63.3 Å². The third-order valence-corrected chi connectivity index (χ3v) is 5.87. The Kier molecular flexibility index (Phi) is 5.49. The van der Waals surface area contributed by atoms with Gasteiger partial charge in [-0.15, -0.1) is 5.10 Å². The number of hydrogen-bond acceptors (Lipinski definition) is 6. The molecule has 0 radical (unpaired) electrons. The van der Waals surface area contributed by atoms with Gasteiger partial charge in [0.1, 0.15) is 6.04 Å². The Labute approximate surface area is 176 Å². The fourth-order valence-electron chi connectivity index (χ4n) is 4.26. The quantitative estimate of drug-likeness (QED) is 0.655. The van der Waals surface area contributed by atoms with Gasteiger partial charge in [-0.05, 0) is 30.2 Å². The van der Waals surface area contributed by atoms with E-state index < -0.39 is 6.04 Å². The molecule has 0 saturated heterocycles. The second kappa shape index (κ2) is 8.08. The molecule has 2 heterocycles. The summed E-state index contributed by atoms with van der Waals surface area (Å²) in [6, 6.07) is 7.40. The van der Waals surface area contributed by atoms with Crippen LogP contribution in [-0.4, -0.2) is 25.9 Å². The lowest BCUT2D eigenvalue weighted by Gasteiger charge is -2.28. The molecule has 1 aliphatic rings. The molecular weight excluding hydrogens is 380 g/mol. The van der Waals surface area contributed by atoms with Crippen LogP contribution in [0.1, 0.15) is 75.3 Å². The van der Waals surface area contributed by atoms with E-state index in [1.165, 1.54) is 32.1 Å². The Morgan fingerprint density at radius 2 is 1.97 bits per heavy atom. The molecule has 3 aromatic rings. The number of hydrogen-bond donors (Lipinski definition) is 2. The zero-order valence-electron chi connectivity index (χ0n) is 17.9. The van der Waals surface area contributed by atoms with Crippen LogP contribution in [-0.2, 0) is 6.54 Å². The number of nitrogens with zero attached hydrogens (tertiary/aromatic N) is 4. The minimum absolute atomic E-state index is 0.0179. The molecule has 3 N–H and O–H groups in total. The van der Waals surface area contributed by atoms with Crippen LogP contribution in [0.25, 0.3) is 10.9 Å². The molecule has 8 heteroatoms. The van der Waals surface area contributed by atoms with Gasteiger partial charge >= 0.3 is 6.01 Å². The van der Waals surface area contributed by atoms with Gasteiger partial charge in [0, 0.05) is 11.9 Å². The first-order chi connectivity index (χ1) is 14.3. The standard InChI is InChI=1S/C22H30N6O2/c1-22(2,3)18(20-25-26-21(23)30-20)24-19(29)17-15-11-7-8-12-16(15)28(27-17)13-14-9-5-4-6-10-14/h7-8,11-12,14,18H,4-6,9-10,13H2,1-3H3,(H2,23,26)(H,24,29). The van der Waals surface area contributed by atoms with E-state index in [0.717, 1.165) is 17.4 Å². The van der Waals surface area contributed by atoms with Crippen LogP contribution in [0.4, 0.5) is 6.01 Å². The zero-order valence-corrected chi connectivity index (χ0v) is 17.9. The molecule has 1 amide bonds. The number of nitrogens with one attached hydrogen (secondary N) is 1. The van der Waals surface area contributed by atoms with E-state index >= 15 is 0 Å². The minimum Gasteiger partial charge on any atom is -0.406 e. The van der Waals surface area contributed by atoms with Crippen molar-refractivity contribution >= 4 is 22.8 Å². The van der Waals surface area contributed by atoms with Crippen LogP contribution in [0.2, 0.25) is 0 Å². The first-order valence-electron chi connectivity index (χ1n) is 10.7. The van der Waals surface area contributed by atoms with Crippen molar-refractivity contribution in [2.75, 3.05) is 5.73 Å². The molecular formula is C22H30N6O2. The molecule has 0 spiro atoms. The number of carbonyl (C=O) groups excluding carboxylic acids is 1. The predicted octanol–water partition coefficient (Wildman–Crippen LogP) is 4.10. The van der Waals surface area contributed by atoms with Gasteiger partial charge in [0.2, 0.25) is 5.89 Å². The van der Waals surface area contributed by atoms with Crippen LogP contribution in [0.15, 0.2) is 28.7 Å². The number of benzene rings is 1. The fourth-order valence-corrected chi connectivity index (χ4v) is 4.26. The summed E-state index contributed by atoms with van der Waals surface area (Å²) in [6.07, 6.45) is 6.31. The number of aromatic nitrogens is 4. The summed E-state index contributed by atoms with van der Waals surface area (Å²) >= 11 is 0. The summed E-state index contributed by atoms with van der Waals surface area (Å²) in [4.78, 5) is 13.3. The number of para-hydroxylation sites is 1. The topological polar surface area (TPSA) is 112 Å². The Morgan fingerprint density at radius 3 is 2.63 bits per heavy atom. The molecule has 1 atom stereocenters. The number of anilines is 1. The van der Waals surface area contributed by atoms with Gasteiger partial charge in [-0.25, -0.2) is 0 Å². The fraction of sp³-hybridized carbons (Fsp3) is 0.545. The molecule has 1 aromatic carbocycles. The van der Waals surface area contributed by atoms with Crippen molar-refractivity contribution in [3.05, 3.63) is 35.9 Å². The number of amides is 1. The summed E-state index contributed by atoms with van der Waals surface area (Å²) in [5.41, 5.74) is 6.66. The molecule has 1 saturated carbocycles. The highest BCUT2D eigenvalue weighted by molar-refractivity contribution is 6.05. The van der Waals surface area contributed by atoms with E-state index in [1.807, 2.05) is 49.7 Å². The third-order valence-electron chi connectivity index (χ3n) is 5.87. The second-order valence-corrected chi connectivity index (χ2v) is 9.30. The van der Waals surface area contributed by atoms with Gasteiger partial charge < -0.3 is 15.5 Å². The molecule has 30 heavy (non-hydrogen) atoms. The van der Waals surface area contributed by atoms with Gasteiger partial charge in [0.05, 0.1) is 5.52 Å². The van der Waals surface area contributed by atoms with Crippen molar-refractivity contribution < 1.29 is 9.21 Å². The normalized spacial score (nSPS) is 16.6. The van der Waals surface area contributed by atoms with Crippen LogP contribution in [0, 0.1) is 11.3 Å². The molecule has 8 nitrogen and oxygen atoms in total. The van der Waals surface area contributed by atoms with Crippen molar-refractivity contribution in [2.24, 2.45) is 11.3 Å². The van der Waals surface area contributed by atoms with Crippen LogP contribution >= 0.6 is 0 Å². The number of rotatable bonds is 5. The summed E-state index contributed by atoms with van der Waals surface area (Å²) < 4.78 is 7.41. The van der Waals surface area contributed by atoms with Crippen molar-refractivity contribution in [1.82, 2.24) is 25.3 Å². The Morgan fingerprint density at radius 1 is 1.23 bits per heavy atom. The van der Waals surface area contributed by atoms with E-state index in [2.05, 4.69) is 15.5 Å². The average Bonchev–Trinajstić information content (AvgIpc) is 3.30. The van der Waals surface area contributed by atoms with Gasteiger partial charge in [-0.3, -0.25) is 9.48 Å². The highest BCUT2D eigenvalue weighted by Crippen LogP contribution is 2.33. The van der Waals surface area contributed by atoms with Crippen LogP contribution in [0.5, 0.6) is 0 Å². The van der Waals surface area contributed by atoms with Gasteiger partial charge in [0.25, 0.3) is 5.91 Å². The smallest absolute Gasteiger partial charge is 0.312 e. The SMILES string of the molecule is CC(C)(C)C(NC(=O)c1nn(CC2CCCCC2)c2ccccc12)c1nnc(N)o1. The molecule has 1 fully saturated rings. The number of nitrogen functional groups attached to an aromatic ring is 1. The first-order valence-corrected chi connectivity index (χ1v) is 10.7. The molecule has 2 aromatic heterocycles. The predicted molar refractivity (Wildman–Crippen MR) is 115 cm³/mol. The second-order valence-electron chi connectivity index (χ2n) is 9.30. The Hall–Kier alpha value is -2.90. The molecule has 0 bridgehead atoms. The van der Waals surface area contributed by atoms with Gasteiger partial charge in [0.15, 0.2) is 5.69 Å². The van der Waals surface area contributed by atoms with Crippen molar-refractivity contribution in [1.29, 1.82) is 0 Å². The van der Waals surface area contributed by atoms with E-state index in [0.29, 0.717) is 17.5 Å². The lowest BCUT2D eigenvalue weighted by Crippen LogP contribution is -2.37. The van der Waals surface area contributed by atoms with E-state index in [-0.39, 0.29) is 17.3 Å². The summed E-state index contributed by atoms with van der Waals surface area (Å²) in [6.45, 7) is 6.84. The van der Waals surface area contributed by atoms with Crippen LogP contribution < -0.4 is 11.1 Å². The van der Waals surface area contributed by atoms with Crippen LogP contribution in [0.3, 0.4) is 0 Å². The lowest BCUT2D eigenvalue weighted by atomic mass is 9.86. The summed E-state index contributed by atoms with van der Waals surface area (Å²) in [5.74, 6) is 0.645. The average molecular weight is 411 g/mol. The monoisotopic (exact) mass is 410 g/mol.